The van der Waals surface area contributed by atoms with Gasteiger partial charge in [-0.05, 0) is 29.8 Å². The Bertz CT molecular complexity index is 879. The zero-order valence-corrected chi connectivity index (χ0v) is 16.2. The number of phenolic OH excluding ortho intramolecular Hbond substituents is 1. The number of hydrazone groups is 1. The first-order valence-corrected chi connectivity index (χ1v) is 8.86. The Morgan fingerprint density at radius 1 is 1.23 bits per heavy atom. The Morgan fingerprint density at radius 2 is 1.88 bits per heavy atom. The molecule has 1 heterocycles. The van der Waals surface area contributed by atoms with E-state index in [-0.39, 0.29) is 22.7 Å². The maximum Gasteiger partial charge on any atom is 0.240 e. The molecule has 1 amide bonds. The molecule has 1 aliphatic heterocycles. The number of rotatable bonds is 3. The van der Waals surface area contributed by atoms with Gasteiger partial charge in [0, 0.05) is 43.7 Å². The molecule has 2 aromatic rings. The monoisotopic (exact) mass is 391 g/mol. The Balaban J connectivity index is 1.97. The largest absolute Gasteiger partial charge is 0.506 e. The van der Waals surface area contributed by atoms with E-state index in [2.05, 4.69) is 5.10 Å². The number of carbonyl (C=O) groups is 1. The van der Waals surface area contributed by atoms with Crippen LogP contribution in [0, 0.1) is 0 Å². The maximum absolute atomic E-state index is 12.1. The summed E-state index contributed by atoms with van der Waals surface area (Å²) < 4.78 is 0. The number of aromatic hydroxyl groups is 1. The van der Waals surface area contributed by atoms with Gasteiger partial charge in [-0.3, -0.25) is 4.79 Å². The van der Waals surface area contributed by atoms with Crippen molar-refractivity contribution in [2.45, 2.75) is 19.4 Å². The van der Waals surface area contributed by atoms with Gasteiger partial charge in [0.05, 0.1) is 16.8 Å². The number of benzene rings is 2. The number of halogens is 2. The first kappa shape index (κ1) is 18.5. The van der Waals surface area contributed by atoms with Gasteiger partial charge in [0.15, 0.2) is 0 Å². The first-order chi connectivity index (χ1) is 12.3. The SMILES string of the molecule is CC(=O)N1N=C(c2cc(Cl)cc(Cl)c2O)CC1c1ccc(N(C)C)cc1. The fourth-order valence-corrected chi connectivity index (χ4v) is 3.50. The van der Waals surface area contributed by atoms with Gasteiger partial charge in [-0.15, -0.1) is 0 Å². The van der Waals surface area contributed by atoms with Crippen LogP contribution in [0.5, 0.6) is 5.75 Å². The van der Waals surface area contributed by atoms with Crippen LogP contribution in [0.1, 0.15) is 30.5 Å². The van der Waals surface area contributed by atoms with Gasteiger partial charge >= 0.3 is 0 Å². The van der Waals surface area contributed by atoms with Gasteiger partial charge < -0.3 is 10.0 Å². The van der Waals surface area contributed by atoms with Crippen LogP contribution in [-0.4, -0.2) is 35.8 Å². The van der Waals surface area contributed by atoms with Crippen LogP contribution in [0.2, 0.25) is 10.0 Å². The van der Waals surface area contributed by atoms with E-state index in [4.69, 9.17) is 23.2 Å². The van der Waals surface area contributed by atoms with E-state index in [1.165, 1.54) is 18.0 Å². The number of anilines is 1. The van der Waals surface area contributed by atoms with E-state index >= 15 is 0 Å². The molecule has 136 valence electrons. The fourth-order valence-electron chi connectivity index (χ4n) is 3.00. The molecule has 7 heteroatoms. The van der Waals surface area contributed by atoms with Crippen molar-refractivity contribution < 1.29 is 9.90 Å². The summed E-state index contributed by atoms with van der Waals surface area (Å²) >= 11 is 12.1. The van der Waals surface area contributed by atoms with Crippen LogP contribution in [0.3, 0.4) is 0 Å². The van der Waals surface area contributed by atoms with Gasteiger partial charge in [0.1, 0.15) is 5.75 Å². The summed E-state index contributed by atoms with van der Waals surface area (Å²) in [6, 6.07) is 10.8. The number of phenols is 1. The molecule has 1 N–H and O–H groups in total. The van der Waals surface area contributed by atoms with Gasteiger partial charge in [-0.1, -0.05) is 35.3 Å². The van der Waals surface area contributed by atoms with Crippen molar-refractivity contribution in [3.8, 4) is 5.75 Å². The summed E-state index contributed by atoms with van der Waals surface area (Å²) in [5, 5.41) is 16.7. The lowest BCUT2D eigenvalue weighted by Gasteiger charge is -2.21. The molecule has 0 fully saturated rings. The standard InChI is InChI=1S/C19H19Cl2N3O2/c1-11(25)24-18(12-4-6-14(7-5-12)23(2)3)10-17(22-24)15-8-13(20)9-16(21)19(15)26/h4-9,18,26H,10H2,1-3H3. The van der Waals surface area contributed by atoms with Crippen LogP contribution >= 0.6 is 23.2 Å². The smallest absolute Gasteiger partial charge is 0.240 e. The highest BCUT2D eigenvalue weighted by molar-refractivity contribution is 6.36. The molecular formula is C19H19Cl2N3O2. The van der Waals surface area contributed by atoms with Gasteiger partial charge in [-0.2, -0.15) is 5.10 Å². The van der Waals surface area contributed by atoms with Crippen molar-refractivity contribution in [2.75, 3.05) is 19.0 Å². The van der Waals surface area contributed by atoms with Gasteiger partial charge in [0.25, 0.3) is 0 Å². The molecule has 0 saturated carbocycles. The third-order valence-corrected chi connectivity index (χ3v) is 4.87. The van der Waals surface area contributed by atoms with Crippen molar-refractivity contribution >= 4 is 40.5 Å². The summed E-state index contributed by atoms with van der Waals surface area (Å²) in [7, 11) is 3.94. The Morgan fingerprint density at radius 3 is 2.46 bits per heavy atom. The van der Waals surface area contributed by atoms with E-state index < -0.39 is 0 Å². The maximum atomic E-state index is 12.1. The van der Waals surface area contributed by atoms with Crippen molar-refractivity contribution in [2.24, 2.45) is 5.10 Å². The Labute approximate surface area is 162 Å². The summed E-state index contributed by atoms with van der Waals surface area (Å²) in [5.41, 5.74) is 3.06. The second-order valence-corrected chi connectivity index (χ2v) is 7.24. The minimum absolute atomic E-state index is 0.0816. The third-order valence-electron chi connectivity index (χ3n) is 4.37. The molecule has 0 aliphatic carbocycles. The average molecular weight is 392 g/mol. The topological polar surface area (TPSA) is 56.1 Å². The lowest BCUT2D eigenvalue weighted by atomic mass is 9.97. The number of nitrogens with zero attached hydrogens (tertiary/aromatic N) is 3. The van der Waals surface area contributed by atoms with E-state index in [0.29, 0.717) is 22.7 Å². The molecule has 0 aromatic heterocycles. The molecule has 1 unspecified atom stereocenters. The molecule has 1 aliphatic rings. The van der Waals surface area contributed by atoms with Crippen molar-refractivity contribution in [1.82, 2.24) is 5.01 Å². The normalized spacial score (nSPS) is 16.6. The van der Waals surface area contributed by atoms with Crippen LogP contribution in [0.4, 0.5) is 5.69 Å². The van der Waals surface area contributed by atoms with E-state index in [9.17, 15) is 9.90 Å². The van der Waals surface area contributed by atoms with Crippen LogP contribution < -0.4 is 4.90 Å². The molecule has 26 heavy (non-hydrogen) atoms. The Hall–Kier alpha value is -2.24. The summed E-state index contributed by atoms with van der Waals surface area (Å²) in [6.07, 6.45) is 0.463. The Kier molecular flexibility index (Phi) is 5.12. The molecule has 0 spiro atoms. The van der Waals surface area contributed by atoms with Crippen molar-refractivity contribution in [3.05, 3.63) is 57.6 Å². The molecular weight excluding hydrogens is 373 g/mol. The van der Waals surface area contributed by atoms with Crippen LogP contribution in [0.25, 0.3) is 0 Å². The van der Waals surface area contributed by atoms with E-state index in [0.717, 1.165) is 11.3 Å². The minimum atomic E-state index is -0.240. The minimum Gasteiger partial charge on any atom is -0.506 e. The predicted molar refractivity (Wildman–Crippen MR) is 105 cm³/mol. The number of hydrogen-bond donors (Lipinski definition) is 1. The highest BCUT2D eigenvalue weighted by atomic mass is 35.5. The summed E-state index contributed by atoms with van der Waals surface area (Å²) in [6.45, 7) is 1.47. The lowest BCUT2D eigenvalue weighted by Crippen LogP contribution is -2.24. The highest BCUT2D eigenvalue weighted by Crippen LogP contribution is 2.38. The molecule has 2 aromatic carbocycles. The molecule has 1 atom stereocenters. The fraction of sp³-hybridized carbons (Fsp3) is 0.263. The highest BCUT2D eigenvalue weighted by Gasteiger charge is 2.32. The quantitative estimate of drug-likeness (QED) is 0.839. The van der Waals surface area contributed by atoms with Crippen LogP contribution in [0.15, 0.2) is 41.5 Å². The molecule has 3 rings (SSSR count). The average Bonchev–Trinajstić information content (AvgIpc) is 3.03. The second-order valence-electron chi connectivity index (χ2n) is 6.40. The predicted octanol–water partition coefficient (Wildman–Crippen LogP) is 4.46. The van der Waals surface area contributed by atoms with Crippen molar-refractivity contribution in [1.29, 1.82) is 0 Å². The molecule has 0 bridgehead atoms. The number of hydrogen-bond acceptors (Lipinski definition) is 4. The summed E-state index contributed by atoms with van der Waals surface area (Å²) in [4.78, 5) is 14.1. The van der Waals surface area contributed by atoms with Gasteiger partial charge in [-0.25, -0.2) is 5.01 Å². The van der Waals surface area contributed by atoms with E-state index in [1.807, 2.05) is 43.3 Å². The molecule has 0 radical (unpaired) electrons. The second kappa shape index (κ2) is 7.17. The zero-order valence-electron chi connectivity index (χ0n) is 14.7. The third kappa shape index (κ3) is 3.50. The number of carbonyl (C=O) groups excluding carboxylic acids is 1. The first-order valence-electron chi connectivity index (χ1n) is 8.11. The van der Waals surface area contributed by atoms with Crippen molar-refractivity contribution in [3.63, 3.8) is 0 Å². The number of amides is 1. The van der Waals surface area contributed by atoms with E-state index in [1.54, 1.807) is 6.07 Å². The molecule has 5 nitrogen and oxygen atoms in total. The zero-order chi connectivity index (χ0) is 19.0. The van der Waals surface area contributed by atoms with Gasteiger partial charge in [0.2, 0.25) is 5.91 Å². The molecule has 0 saturated heterocycles. The summed E-state index contributed by atoms with van der Waals surface area (Å²) in [5.74, 6) is -0.253. The lowest BCUT2D eigenvalue weighted by molar-refractivity contribution is -0.130. The van der Waals surface area contributed by atoms with Crippen LogP contribution in [-0.2, 0) is 4.79 Å².